The van der Waals surface area contributed by atoms with E-state index in [1.54, 1.807) is 4.90 Å². The molecule has 0 aromatic heterocycles. The van der Waals surface area contributed by atoms with Gasteiger partial charge in [0.15, 0.2) is 0 Å². The molecule has 0 bridgehead atoms. The number of amides is 2. The van der Waals surface area contributed by atoms with Crippen molar-refractivity contribution in [2.45, 2.75) is 77.6 Å². The largest absolute Gasteiger partial charge is 0.353 e. The Morgan fingerprint density at radius 3 is 2.71 bits per heavy atom. The lowest BCUT2D eigenvalue weighted by Gasteiger charge is -2.43. The molecule has 2 aliphatic rings. The van der Waals surface area contributed by atoms with E-state index in [4.69, 9.17) is 4.74 Å². The van der Waals surface area contributed by atoms with E-state index in [0.717, 1.165) is 19.3 Å². The maximum absolute atomic E-state index is 12.5. The minimum absolute atomic E-state index is 0.0190. The molecule has 3 atom stereocenters. The number of ether oxygens (including phenoxy) is 1. The SMILES string of the molecule is CCC(=O)N1[C@H](C(=O)NC(C)C)CO[C@@]12CCC[C@H](C)C2. The molecule has 2 fully saturated rings. The van der Waals surface area contributed by atoms with E-state index < -0.39 is 11.8 Å². The van der Waals surface area contributed by atoms with E-state index in [0.29, 0.717) is 18.9 Å². The summed E-state index contributed by atoms with van der Waals surface area (Å²) >= 11 is 0. The van der Waals surface area contributed by atoms with Gasteiger partial charge in [0.2, 0.25) is 11.8 Å². The third-order valence-corrected chi connectivity index (χ3v) is 4.50. The summed E-state index contributed by atoms with van der Waals surface area (Å²) in [7, 11) is 0. The molecule has 1 saturated carbocycles. The Morgan fingerprint density at radius 2 is 2.14 bits per heavy atom. The molecule has 0 aromatic carbocycles. The van der Waals surface area contributed by atoms with Crippen molar-refractivity contribution in [2.24, 2.45) is 5.92 Å². The second kappa shape index (κ2) is 6.34. The molecule has 2 rings (SSSR count). The average molecular weight is 296 g/mol. The van der Waals surface area contributed by atoms with E-state index in [1.807, 2.05) is 20.8 Å². The molecule has 0 radical (unpaired) electrons. The Kier molecular flexibility index (Phi) is 4.91. The summed E-state index contributed by atoms with van der Waals surface area (Å²) in [5.74, 6) is 0.449. The summed E-state index contributed by atoms with van der Waals surface area (Å²) in [4.78, 5) is 26.6. The summed E-state index contributed by atoms with van der Waals surface area (Å²) in [6.45, 7) is 8.21. The quantitative estimate of drug-likeness (QED) is 0.867. The van der Waals surface area contributed by atoms with Gasteiger partial charge < -0.3 is 10.1 Å². The fourth-order valence-electron chi connectivity index (χ4n) is 3.63. The van der Waals surface area contributed by atoms with Crippen LogP contribution in [0.15, 0.2) is 0 Å². The second-order valence-electron chi connectivity index (χ2n) is 6.76. The summed E-state index contributed by atoms with van der Waals surface area (Å²) in [6.07, 6.45) is 4.30. The lowest BCUT2D eigenvalue weighted by atomic mass is 9.83. The Balaban J connectivity index is 2.23. The molecule has 1 spiro atoms. The van der Waals surface area contributed by atoms with E-state index in [1.165, 1.54) is 6.42 Å². The van der Waals surface area contributed by atoms with Gasteiger partial charge in [-0.1, -0.05) is 20.3 Å². The smallest absolute Gasteiger partial charge is 0.245 e. The van der Waals surface area contributed by atoms with Crippen LogP contribution in [0, 0.1) is 5.92 Å². The van der Waals surface area contributed by atoms with Crippen molar-refractivity contribution >= 4 is 11.8 Å². The van der Waals surface area contributed by atoms with Crippen LogP contribution in [0.25, 0.3) is 0 Å². The molecule has 120 valence electrons. The van der Waals surface area contributed by atoms with Crippen LogP contribution in [0.1, 0.15) is 59.8 Å². The number of carbonyl (C=O) groups excluding carboxylic acids is 2. The average Bonchev–Trinajstić information content (AvgIpc) is 2.75. The first-order valence-corrected chi connectivity index (χ1v) is 8.16. The maximum Gasteiger partial charge on any atom is 0.245 e. The Labute approximate surface area is 127 Å². The zero-order chi connectivity index (χ0) is 15.6. The van der Waals surface area contributed by atoms with Gasteiger partial charge in [-0.25, -0.2) is 0 Å². The van der Waals surface area contributed by atoms with Gasteiger partial charge in [0.1, 0.15) is 11.8 Å². The van der Waals surface area contributed by atoms with Crippen LogP contribution in [0.4, 0.5) is 0 Å². The van der Waals surface area contributed by atoms with Crippen molar-refractivity contribution in [3.63, 3.8) is 0 Å². The number of rotatable bonds is 3. The van der Waals surface area contributed by atoms with Gasteiger partial charge >= 0.3 is 0 Å². The predicted octanol–water partition coefficient (Wildman–Crippen LogP) is 2.05. The van der Waals surface area contributed by atoms with E-state index >= 15 is 0 Å². The number of hydrogen-bond donors (Lipinski definition) is 1. The highest BCUT2D eigenvalue weighted by Crippen LogP contribution is 2.42. The van der Waals surface area contributed by atoms with Crippen molar-refractivity contribution < 1.29 is 14.3 Å². The van der Waals surface area contributed by atoms with Crippen LogP contribution in [0.3, 0.4) is 0 Å². The van der Waals surface area contributed by atoms with Gasteiger partial charge in [-0.2, -0.15) is 0 Å². The lowest BCUT2D eigenvalue weighted by Crippen LogP contribution is -2.57. The van der Waals surface area contributed by atoms with E-state index in [-0.39, 0.29) is 17.9 Å². The summed E-state index contributed by atoms with van der Waals surface area (Å²) in [5, 5.41) is 2.91. The zero-order valence-corrected chi connectivity index (χ0v) is 13.6. The molecule has 1 heterocycles. The highest BCUT2D eigenvalue weighted by Gasteiger charge is 2.53. The summed E-state index contributed by atoms with van der Waals surface area (Å²) in [6, 6.07) is -0.414. The molecule has 0 unspecified atom stereocenters. The van der Waals surface area contributed by atoms with Gasteiger partial charge in [0.05, 0.1) is 6.61 Å². The third-order valence-electron chi connectivity index (χ3n) is 4.50. The molecule has 2 amide bonds. The fraction of sp³-hybridized carbons (Fsp3) is 0.875. The highest BCUT2D eigenvalue weighted by molar-refractivity contribution is 5.88. The van der Waals surface area contributed by atoms with Gasteiger partial charge in [-0.15, -0.1) is 0 Å². The Morgan fingerprint density at radius 1 is 1.43 bits per heavy atom. The molecule has 0 aromatic rings. The van der Waals surface area contributed by atoms with Crippen molar-refractivity contribution in [1.29, 1.82) is 0 Å². The first kappa shape index (κ1) is 16.3. The first-order chi connectivity index (χ1) is 9.89. The van der Waals surface area contributed by atoms with Crippen molar-refractivity contribution in [3.8, 4) is 0 Å². The molecule has 21 heavy (non-hydrogen) atoms. The molecule has 1 N–H and O–H groups in total. The number of carbonyl (C=O) groups is 2. The lowest BCUT2D eigenvalue weighted by molar-refractivity contribution is -0.162. The predicted molar refractivity (Wildman–Crippen MR) is 80.5 cm³/mol. The minimum atomic E-state index is -0.552. The molecule has 5 heteroatoms. The van der Waals surface area contributed by atoms with E-state index in [9.17, 15) is 9.59 Å². The van der Waals surface area contributed by atoms with Crippen LogP contribution in [-0.4, -0.2) is 41.1 Å². The second-order valence-corrected chi connectivity index (χ2v) is 6.76. The topological polar surface area (TPSA) is 58.6 Å². The number of hydrogen-bond acceptors (Lipinski definition) is 3. The van der Waals surface area contributed by atoms with Crippen molar-refractivity contribution in [3.05, 3.63) is 0 Å². The molecular formula is C16H28N2O3. The molecule has 5 nitrogen and oxygen atoms in total. The van der Waals surface area contributed by atoms with Gasteiger partial charge in [0.25, 0.3) is 0 Å². The van der Waals surface area contributed by atoms with Gasteiger partial charge in [-0.05, 0) is 39.0 Å². The van der Waals surface area contributed by atoms with Crippen molar-refractivity contribution in [2.75, 3.05) is 6.61 Å². The van der Waals surface area contributed by atoms with Crippen LogP contribution < -0.4 is 5.32 Å². The van der Waals surface area contributed by atoms with Gasteiger partial charge in [0, 0.05) is 12.5 Å². The summed E-state index contributed by atoms with van der Waals surface area (Å²) in [5.41, 5.74) is -0.552. The molecule has 1 aliphatic carbocycles. The Bertz CT molecular complexity index is 408. The zero-order valence-electron chi connectivity index (χ0n) is 13.6. The number of nitrogens with zero attached hydrogens (tertiary/aromatic N) is 1. The Hall–Kier alpha value is -1.10. The molecule has 1 aliphatic heterocycles. The molecule has 1 saturated heterocycles. The monoisotopic (exact) mass is 296 g/mol. The van der Waals surface area contributed by atoms with Gasteiger partial charge in [-0.3, -0.25) is 14.5 Å². The van der Waals surface area contributed by atoms with Crippen molar-refractivity contribution in [1.82, 2.24) is 10.2 Å². The van der Waals surface area contributed by atoms with Crippen LogP contribution >= 0.6 is 0 Å². The number of nitrogens with one attached hydrogen (secondary N) is 1. The third kappa shape index (κ3) is 3.23. The standard InChI is InChI=1S/C16H28N2O3/c1-5-14(19)18-13(15(20)17-11(2)3)10-21-16(18)8-6-7-12(4)9-16/h11-13H,5-10H2,1-4H3,(H,17,20)/t12-,13-,16+/m0/s1. The normalized spacial score (nSPS) is 32.7. The molecular weight excluding hydrogens is 268 g/mol. The van der Waals surface area contributed by atoms with Crippen LogP contribution in [0.2, 0.25) is 0 Å². The maximum atomic E-state index is 12.5. The highest BCUT2D eigenvalue weighted by atomic mass is 16.5. The minimum Gasteiger partial charge on any atom is -0.353 e. The fourth-order valence-corrected chi connectivity index (χ4v) is 3.63. The van der Waals surface area contributed by atoms with Crippen LogP contribution in [0.5, 0.6) is 0 Å². The first-order valence-electron chi connectivity index (χ1n) is 8.16. The van der Waals surface area contributed by atoms with E-state index in [2.05, 4.69) is 12.2 Å². The summed E-state index contributed by atoms with van der Waals surface area (Å²) < 4.78 is 6.05. The van der Waals surface area contributed by atoms with Crippen LogP contribution in [-0.2, 0) is 14.3 Å².